The van der Waals surface area contributed by atoms with Crippen LogP contribution in [0.15, 0.2) is 24.3 Å². The molecule has 150 valence electrons. The average molecular weight is 382 g/mol. The van der Waals surface area contributed by atoms with E-state index in [1.165, 1.54) is 6.42 Å². The van der Waals surface area contributed by atoms with Crippen molar-refractivity contribution < 1.29 is 4.79 Å². The maximum absolute atomic E-state index is 12.8. The highest BCUT2D eigenvalue weighted by atomic mass is 16.2. The Hall–Kier alpha value is -2.37. The average Bonchev–Trinajstić information content (AvgIpc) is 3.16. The quantitative estimate of drug-likeness (QED) is 0.829. The maximum atomic E-state index is 12.8. The summed E-state index contributed by atoms with van der Waals surface area (Å²) in [4.78, 5) is 14.8. The number of fused-ring (bicyclic) bond motifs is 1. The number of amides is 2. The van der Waals surface area contributed by atoms with Crippen molar-refractivity contribution in [3.05, 3.63) is 30.1 Å². The fourth-order valence-corrected chi connectivity index (χ4v) is 4.47. The first-order valence-electron chi connectivity index (χ1n) is 10.5. The smallest absolute Gasteiger partial charge is 0.321 e. The van der Waals surface area contributed by atoms with Gasteiger partial charge in [0.1, 0.15) is 5.82 Å². The highest BCUT2D eigenvalue weighted by molar-refractivity contribution is 5.90. The Morgan fingerprint density at radius 3 is 2.79 bits per heavy atom. The van der Waals surface area contributed by atoms with Gasteiger partial charge in [-0.25, -0.2) is 4.79 Å². The van der Waals surface area contributed by atoms with Crippen molar-refractivity contribution in [3.63, 3.8) is 0 Å². The van der Waals surface area contributed by atoms with Crippen LogP contribution in [0.2, 0.25) is 0 Å². The van der Waals surface area contributed by atoms with E-state index in [1.807, 2.05) is 29.2 Å². The second kappa shape index (κ2) is 7.57. The molecule has 4 rings (SSSR count). The number of rotatable bonds is 2. The molecule has 3 heterocycles. The number of carbonyl (C=O) groups is 1. The predicted molar refractivity (Wildman–Crippen MR) is 111 cm³/mol. The van der Waals surface area contributed by atoms with Crippen LogP contribution in [-0.4, -0.2) is 38.8 Å². The fraction of sp³-hybridized carbons (Fsp3) is 0.591. The molecule has 1 saturated heterocycles. The van der Waals surface area contributed by atoms with Crippen LogP contribution in [0, 0.1) is 11.3 Å². The number of aromatic nitrogens is 3. The number of carbonyl (C=O) groups excluding carboxylic acids is 1. The summed E-state index contributed by atoms with van der Waals surface area (Å²) < 4.78 is 2.18. The molecule has 1 aromatic carbocycles. The monoisotopic (exact) mass is 381 g/mol. The lowest BCUT2D eigenvalue weighted by molar-refractivity contribution is 0.200. The third-order valence-corrected chi connectivity index (χ3v) is 6.22. The summed E-state index contributed by atoms with van der Waals surface area (Å²) in [5.41, 5.74) is 2.12. The number of hydrogen-bond donors (Lipinski definition) is 1. The first-order valence-corrected chi connectivity index (χ1v) is 10.5. The molecule has 2 aliphatic rings. The van der Waals surface area contributed by atoms with Crippen LogP contribution in [0.5, 0.6) is 0 Å². The third kappa shape index (κ3) is 3.91. The van der Waals surface area contributed by atoms with Crippen LogP contribution in [-0.2, 0) is 13.0 Å². The van der Waals surface area contributed by atoms with Gasteiger partial charge in [-0.3, -0.25) is 0 Å². The predicted octanol–water partition coefficient (Wildman–Crippen LogP) is 4.57. The normalized spacial score (nSPS) is 20.0. The van der Waals surface area contributed by atoms with Gasteiger partial charge >= 0.3 is 6.03 Å². The standard InChI is InChI=1S/C22H31N5O/c1-22(2,3)17-8-5-12-26(14-11-17)21(28)23-18-9-4-7-16(15-18)20-25-24-19-10-6-13-27(19)20/h4,7,9,15,17H,5-6,8,10-14H2,1-3H3,(H,23,28). The van der Waals surface area contributed by atoms with Crippen molar-refractivity contribution in [1.82, 2.24) is 19.7 Å². The molecule has 1 fully saturated rings. The lowest BCUT2D eigenvalue weighted by Crippen LogP contribution is -2.36. The van der Waals surface area contributed by atoms with Gasteiger partial charge in [0.15, 0.2) is 5.82 Å². The highest BCUT2D eigenvalue weighted by Crippen LogP contribution is 2.34. The molecule has 0 radical (unpaired) electrons. The zero-order valence-corrected chi connectivity index (χ0v) is 17.2. The number of anilines is 1. The SMILES string of the molecule is CC(C)(C)C1CCCN(C(=O)Nc2cccc(-c3nnc4n3CCC4)c2)CC1. The first-order chi connectivity index (χ1) is 13.4. The Morgan fingerprint density at radius 1 is 1.11 bits per heavy atom. The number of benzene rings is 1. The molecule has 0 saturated carbocycles. The van der Waals surface area contributed by atoms with E-state index in [9.17, 15) is 4.79 Å². The summed E-state index contributed by atoms with van der Waals surface area (Å²) in [6.45, 7) is 9.54. The van der Waals surface area contributed by atoms with E-state index >= 15 is 0 Å². The van der Waals surface area contributed by atoms with Crippen molar-refractivity contribution in [1.29, 1.82) is 0 Å². The minimum Gasteiger partial charge on any atom is -0.325 e. The summed E-state index contributed by atoms with van der Waals surface area (Å²) in [7, 11) is 0. The Labute approximate surface area is 167 Å². The van der Waals surface area contributed by atoms with E-state index in [0.29, 0.717) is 11.3 Å². The van der Waals surface area contributed by atoms with Crippen molar-refractivity contribution in [2.45, 2.75) is 59.4 Å². The Morgan fingerprint density at radius 2 is 1.96 bits per heavy atom. The van der Waals surface area contributed by atoms with Crippen molar-refractivity contribution in [2.24, 2.45) is 11.3 Å². The summed E-state index contributed by atoms with van der Waals surface area (Å²) in [6.07, 6.45) is 5.46. The molecule has 2 aromatic rings. The minimum absolute atomic E-state index is 0.00168. The van der Waals surface area contributed by atoms with Gasteiger partial charge in [0.25, 0.3) is 0 Å². The maximum Gasteiger partial charge on any atom is 0.321 e. The van der Waals surface area contributed by atoms with E-state index in [4.69, 9.17) is 0 Å². The van der Waals surface area contributed by atoms with Gasteiger partial charge in [-0.15, -0.1) is 10.2 Å². The van der Waals surface area contributed by atoms with E-state index in [2.05, 4.69) is 40.9 Å². The van der Waals surface area contributed by atoms with Gasteiger partial charge < -0.3 is 14.8 Å². The van der Waals surface area contributed by atoms with E-state index in [1.54, 1.807) is 0 Å². The molecule has 6 nitrogen and oxygen atoms in total. The molecular formula is C22H31N5O. The number of nitrogens with zero attached hydrogens (tertiary/aromatic N) is 4. The van der Waals surface area contributed by atoms with Crippen LogP contribution in [0.4, 0.5) is 10.5 Å². The molecule has 1 N–H and O–H groups in total. The summed E-state index contributed by atoms with van der Waals surface area (Å²) in [5, 5.41) is 11.7. The van der Waals surface area contributed by atoms with Gasteiger partial charge in [-0.05, 0) is 49.1 Å². The van der Waals surface area contributed by atoms with Crippen LogP contribution < -0.4 is 5.32 Å². The number of likely N-dealkylation sites (tertiary alicyclic amines) is 1. The van der Waals surface area contributed by atoms with Gasteiger partial charge in [0.2, 0.25) is 0 Å². The fourth-order valence-electron chi connectivity index (χ4n) is 4.47. The van der Waals surface area contributed by atoms with E-state index < -0.39 is 0 Å². The van der Waals surface area contributed by atoms with Gasteiger partial charge in [-0.2, -0.15) is 0 Å². The molecule has 0 aliphatic carbocycles. The molecule has 1 atom stereocenters. The van der Waals surface area contributed by atoms with E-state index in [0.717, 1.165) is 68.2 Å². The van der Waals surface area contributed by atoms with Gasteiger partial charge in [0.05, 0.1) is 0 Å². The van der Waals surface area contributed by atoms with Crippen LogP contribution in [0.25, 0.3) is 11.4 Å². The highest BCUT2D eigenvalue weighted by Gasteiger charge is 2.28. The summed E-state index contributed by atoms with van der Waals surface area (Å²) in [6, 6.07) is 7.95. The van der Waals surface area contributed by atoms with Crippen molar-refractivity contribution >= 4 is 11.7 Å². The molecule has 1 aromatic heterocycles. The zero-order chi connectivity index (χ0) is 19.7. The zero-order valence-electron chi connectivity index (χ0n) is 17.2. The third-order valence-electron chi connectivity index (χ3n) is 6.22. The molecule has 2 amide bonds. The number of nitrogens with one attached hydrogen (secondary N) is 1. The molecule has 0 bridgehead atoms. The Balaban J connectivity index is 1.44. The van der Waals surface area contributed by atoms with Crippen molar-refractivity contribution in [3.8, 4) is 11.4 Å². The molecule has 1 unspecified atom stereocenters. The molecule has 6 heteroatoms. The number of hydrogen-bond acceptors (Lipinski definition) is 3. The Bertz CT molecular complexity index is 851. The number of aryl methyl sites for hydroxylation is 1. The van der Waals surface area contributed by atoms with Crippen LogP contribution >= 0.6 is 0 Å². The summed E-state index contributed by atoms with van der Waals surface area (Å²) in [5.74, 6) is 2.62. The molecule has 0 spiro atoms. The Kier molecular flexibility index (Phi) is 5.13. The minimum atomic E-state index is -0.00168. The number of urea groups is 1. The molecule has 2 aliphatic heterocycles. The summed E-state index contributed by atoms with van der Waals surface area (Å²) >= 11 is 0. The second-order valence-electron chi connectivity index (χ2n) is 9.19. The van der Waals surface area contributed by atoms with Gasteiger partial charge in [-0.1, -0.05) is 32.9 Å². The largest absolute Gasteiger partial charge is 0.325 e. The molecule has 28 heavy (non-hydrogen) atoms. The van der Waals surface area contributed by atoms with E-state index in [-0.39, 0.29) is 6.03 Å². The first kappa shape index (κ1) is 19.0. The van der Waals surface area contributed by atoms with Crippen LogP contribution in [0.3, 0.4) is 0 Å². The second-order valence-corrected chi connectivity index (χ2v) is 9.19. The lowest BCUT2D eigenvalue weighted by Gasteiger charge is -2.29. The van der Waals surface area contributed by atoms with Crippen molar-refractivity contribution in [2.75, 3.05) is 18.4 Å². The van der Waals surface area contributed by atoms with Crippen LogP contribution in [0.1, 0.15) is 52.3 Å². The van der Waals surface area contributed by atoms with Gasteiger partial charge in [0, 0.05) is 37.3 Å². The lowest BCUT2D eigenvalue weighted by atomic mass is 9.77. The molecular weight excluding hydrogens is 350 g/mol. The topological polar surface area (TPSA) is 63.1 Å².